The molecule has 3 aromatic carbocycles. The van der Waals surface area contributed by atoms with Gasteiger partial charge in [0.05, 0.1) is 5.69 Å². The number of aromatic nitrogens is 2. The van der Waals surface area contributed by atoms with E-state index in [9.17, 15) is 4.79 Å². The van der Waals surface area contributed by atoms with Crippen LogP contribution in [0, 0.1) is 6.92 Å². The van der Waals surface area contributed by atoms with Crippen molar-refractivity contribution in [3.05, 3.63) is 101 Å². The Hall–Kier alpha value is -3.50. The van der Waals surface area contributed by atoms with Crippen LogP contribution in [0.5, 0.6) is 0 Å². The molecule has 28 heavy (non-hydrogen) atoms. The second kappa shape index (κ2) is 7.62. The molecule has 0 spiro atoms. The normalized spacial score (nSPS) is 10.8. The van der Waals surface area contributed by atoms with Crippen molar-refractivity contribution >= 4 is 5.78 Å². The van der Waals surface area contributed by atoms with Crippen LogP contribution in [-0.2, 0) is 6.54 Å². The number of carbonyl (C=O) groups is 1. The summed E-state index contributed by atoms with van der Waals surface area (Å²) >= 11 is 0. The van der Waals surface area contributed by atoms with Crippen molar-refractivity contribution in [3.63, 3.8) is 0 Å². The molecule has 0 saturated heterocycles. The quantitative estimate of drug-likeness (QED) is 0.500. The van der Waals surface area contributed by atoms with Crippen LogP contribution in [0.3, 0.4) is 0 Å². The minimum Gasteiger partial charge on any atom is -0.326 e. The second-order valence-electron chi connectivity index (χ2n) is 6.78. The van der Waals surface area contributed by atoms with E-state index < -0.39 is 0 Å². The lowest BCUT2D eigenvalue weighted by Gasteiger charge is -2.07. The molecule has 0 unspecified atom stereocenters. The zero-order chi connectivity index (χ0) is 19.5. The number of hydrogen-bond acceptors (Lipinski definition) is 3. The highest BCUT2D eigenvalue weighted by Gasteiger charge is 2.22. The van der Waals surface area contributed by atoms with E-state index in [0.717, 1.165) is 33.5 Å². The molecule has 1 aromatic heterocycles. The molecule has 0 fully saturated rings. The summed E-state index contributed by atoms with van der Waals surface area (Å²) in [5, 5.41) is 7.50. The largest absolute Gasteiger partial charge is 0.326 e. The summed E-state index contributed by atoms with van der Waals surface area (Å²) in [5.74, 6) is -0.0973. The van der Waals surface area contributed by atoms with Crippen LogP contribution in [-0.4, -0.2) is 16.0 Å². The summed E-state index contributed by atoms with van der Waals surface area (Å²) in [6.45, 7) is 2.49. The Morgan fingerprint density at radius 1 is 0.893 bits per heavy atom. The van der Waals surface area contributed by atoms with Crippen LogP contribution in [0.1, 0.15) is 27.2 Å². The molecule has 0 atom stereocenters. The van der Waals surface area contributed by atoms with Crippen molar-refractivity contribution < 1.29 is 4.79 Å². The van der Waals surface area contributed by atoms with Crippen LogP contribution in [0.25, 0.3) is 22.4 Å². The number of nitrogens with one attached hydrogen (secondary N) is 1. The molecule has 0 aliphatic heterocycles. The number of nitrogens with two attached hydrogens (primary N) is 1. The SMILES string of the molecule is Cc1ccc(C(=O)c2n[nH]c(-c3ccc(CN)cc3)c2-c2ccccc2)cc1. The van der Waals surface area contributed by atoms with Crippen LogP contribution in [0.2, 0.25) is 0 Å². The molecular weight excluding hydrogens is 346 g/mol. The smallest absolute Gasteiger partial charge is 0.213 e. The standard InChI is InChI=1S/C24H21N3O/c1-16-7-11-20(12-8-16)24(28)23-21(18-5-3-2-4-6-18)22(26-27-23)19-13-9-17(15-25)10-14-19/h2-14H,15,25H2,1H3,(H,26,27). The second-order valence-corrected chi connectivity index (χ2v) is 6.78. The third kappa shape index (κ3) is 3.38. The number of H-pyrrole nitrogens is 1. The van der Waals surface area contributed by atoms with Crippen LogP contribution >= 0.6 is 0 Å². The zero-order valence-corrected chi connectivity index (χ0v) is 15.6. The number of nitrogens with zero attached hydrogens (tertiary/aromatic N) is 1. The highest BCUT2D eigenvalue weighted by molar-refractivity contribution is 6.13. The Balaban J connectivity index is 1.86. The molecule has 0 saturated carbocycles. The molecule has 0 aliphatic rings. The lowest BCUT2D eigenvalue weighted by atomic mass is 9.95. The zero-order valence-electron chi connectivity index (χ0n) is 15.6. The molecule has 0 radical (unpaired) electrons. The average molecular weight is 367 g/mol. The third-order valence-corrected chi connectivity index (χ3v) is 4.84. The molecule has 0 amide bonds. The number of hydrogen-bond donors (Lipinski definition) is 2. The Morgan fingerprint density at radius 3 is 2.21 bits per heavy atom. The predicted molar refractivity (Wildman–Crippen MR) is 112 cm³/mol. The first-order valence-corrected chi connectivity index (χ1v) is 9.22. The molecular formula is C24H21N3O. The van der Waals surface area contributed by atoms with Gasteiger partial charge in [-0.25, -0.2) is 0 Å². The van der Waals surface area contributed by atoms with E-state index in [-0.39, 0.29) is 5.78 Å². The van der Waals surface area contributed by atoms with Gasteiger partial charge in [-0.3, -0.25) is 9.89 Å². The highest BCUT2D eigenvalue weighted by Crippen LogP contribution is 2.34. The Morgan fingerprint density at radius 2 is 1.57 bits per heavy atom. The summed E-state index contributed by atoms with van der Waals surface area (Å²) in [4.78, 5) is 13.2. The van der Waals surface area contributed by atoms with Crippen LogP contribution in [0.15, 0.2) is 78.9 Å². The topological polar surface area (TPSA) is 71.8 Å². The molecule has 0 aliphatic carbocycles. The van der Waals surface area contributed by atoms with Gasteiger partial charge < -0.3 is 5.73 Å². The molecule has 4 rings (SSSR count). The minimum absolute atomic E-state index is 0.0973. The molecule has 4 aromatic rings. The number of rotatable bonds is 5. The van der Waals surface area contributed by atoms with E-state index in [1.165, 1.54) is 0 Å². The van der Waals surface area contributed by atoms with Crippen molar-refractivity contribution in [2.45, 2.75) is 13.5 Å². The lowest BCUT2D eigenvalue weighted by Crippen LogP contribution is -2.04. The fourth-order valence-corrected chi connectivity index (χ4v) is 3.25. The average Bonchev–Trinajstić information content (AvgIpc) is 3.19. The molecule has 4 heteroatoms. The Kier molecular flexibility index (Phi) is 4.87. The number of ketones is 1. The van der Waals surface area contributed by atoms with Crippen molar-refractivity contribution in [2.75, 3.05) is 0 Å². The first kappa shape index (κ1) is 17.9. The maximum Gasteiger partial charge on any atom is 0.213 e. The van der Waals surface area contributed by atoms with E-state index >= 15 is 0 Å². The monoisotopic (exact) mass is 367 g/mol. The molecule has 1 heterocycles. The lowest BCUT2D eigenvalue weighted by molar-refractivity contribution is 0.103. The van der Waals surface area contributed by atoms with Gasteiger partial charge in [0, 0.05) is 23.2 Å². The van der Waals surface area contributed by atoms with Crippen molar-refractivity contribution in [1.29, 1.82) is 0 Å². The van der Waals surface area contributed by atoms with Gasteiger partial charge in [0.15, 0.2) is 0 Å². The predicted octanol–water partition coefficient (Wildman–Crippen LogP) is 4.74. The van der Waals surface area contributed by atoms with Gasteiger partial charge in [0.1, 0.15) is 5.69 Å². The van der Waals surface area contributed by atoms with Gasteiger partial charge in [-0.2, -0.15) is 5.10 Å². The van der Waals surface area contributed by atoms with Crippen LogP contribution in [0.4, 0.5) is 0 Å². The van der Waals surface area contributed by atoms with Crippen LogP contribution < -0.4 is 5.73 Å². The van der Waals surface area contributed by atoms with E-state index in [1.807, 2.05) is 85.8 Å². The third-order valence-electron chi connectivity index (χ3n) is 4.84. The number of benzene rings is 3. The van der Waals surface area contributed by atoms with E-state index in [2.05, 4.69) is 10.2 Å². The maximum atomic E-state index is 13.2. The highest BCUT2D eigenvalue weighted by atomic mass is 16.1. The number of aryl methyl sites for hydroxylation is 1. The summed E-state index contributed by atoms with van der Waals surface area (Å²) in [7, 11) is 0. The summed E-state index contributed by atoms with van der Waals surface area (Å²) in [6.07, 6.45) is 0. The van der Waals surface area contributed by atoms with Gasteiger partial charge in [-0.15, -0.1) is 0 Å². The maximum absolute atomic E-state index is 13.2. The van der Waals surface area contributed by atoms with E-state index in [4.69, 9.17) is 5.73 Å². The molecule has 4 nitrogen and oxygen atoms in total. The fraction of sp³-hybridized carbons (Fsp3) is 0.0833. The Bertz CT molecular complexity index is 1100. The number of carbonyl (C=O) groups excluding carboxylic acids is 1. The summed E-state index contributed by atoms with van der Waals surface area (Å²) in [6, 6.07) is 25.4. The van der Waals surface area contributed by atoms with E-state index in [0.29, 0.717) is 17.8 Å². The van der Waals surface area contributed by atoms with Gasteiger partial charge >= 0.3 is 0 Å². The number of aromatic amines is 1. The minimum atomic E-state index is -0.0973. The first-order valence-electron chi connectivity index (χ1n) is 9.22. The first-order chi connectivity index (χ1) is 13.7. The van der Waals surface area contributed by atoms with Crippen molar-refractivity contribution in [3.8, 4) is 22.4 Å². The Labute approximate surface area is 164 Å². The molecule has 0 bridgehead atoms. The summed E-state index contributed by atoms with van der Waals surface area (Å²) < 4.78 is 0. The van der Waals surface area contributed by atoms with Gasteiger partial charge in [-0.05, 0) is 18.1 Å². The van der Waals surface area contributed by atoms with Gasteiger partial charge in [0.25, 0.3) is 0 Å². The summed E-state index contributed by atoms with van der Waals surface area (Å²) in [5.41, 5.74) is 12.5. The fourth-order valence-electron chi connectivity index (χ4n) is 3.25. The van der Waals surface area contributed by atoms with E-state index in [1.54, 1.807) is 0 Å². The van der Waals surface area contributed by atoms with Crippen molar-refractivity contribution in [2.24, 2.45) is 5.73 Å². The van der Waals surface area contributed by atoms with Gasteiger partial charge in [0.2, 0.25) is 5.78 Å². The molecule has 3 N–H and O–H groups in total. The van der Waals surface area contributed by atoms with Crippen molar-refractivity contribution in [1.82, 2.24) is 10.2 Å². The van der Waals surface area contributed by atoms with Gasteiger partial charge in [-0.1, -0.05) is 84.4 Å². The molecule has 138 valence electrons.